The SMILES string of the molecule is CCOC(=O)C(Cc1ccc(OC)c(OC)c1)(C(=O)OCC)N1C=C[C@@H](c2ccccc2[N+](=O)[O-])[C@](C)(NC(=O)c2ccccc2)C1=O. The molecule has 0 bridgehead atoms. The van der Waals surface area contributed by atoms with E-state index >= 15 is 0 Å². The van der Waals surface area contributed by atoms with Crippen LogP contribution in [0.2, 0.25) is 0 Å². The molecule has 0 aliphatic carbocycles. The number of carbonyl (C=O) groups is 4. The molecule has 2 amide bonds. The monoisotopic (exact) mass is 659 g/mol. The van der Waals surface area contributed by atoms with Gasteiger partial charge in [-0.3, -0.25) is 24.6 Å². The van der Waals surface area contributed by atoms with Crippen LogP contribution in [0, 0.1) is 10.1 Å². The average Bonchev–Trinajstić information content (AvgIpc) is 3.09. The van der Waals surface area contributed by atoms with Crippen LogP contribution >= 0.6 is 0 Å². The number of rotatable bonds is 13. The Kier molecular flexibility index (Phi) is 10.8. The van der Waals surface area contributed by atoms with E-state index in [-0.39, 0.29) is 30.0 Å². The molecule has 0 saturated carbocycles. The van der Waals surface area contributed by atoms with E-state index in [1.165, 1.54) is 63.8 Å². The number of carbonyl (C=O) groups excluding carboxylic acids is 4. The van der Waals surface area contributed by atoms with Crippen molar-refractivity contribution in [3.63, 3.8) is 0 Å². The molecule has 0 unspecified atom stereocenters. The Morgan fingerprint density at radius 2 is 1.52 bits per heavy atom. The summed E-state index contributed by atoms with van der Waals surface area (Å²) in [6, 6.07) is 18.6. The molecule has 3 aromatic rings. The lowest BCUT2D eigenvalue weighted by Gasteiger charge is -2.47. The predicted octanol–water partition coefficient (Wildman–Crippen LogP) is 4.35. The fraction of sp³-hybridized carbons (Fsp3) is 0.314. The Bertz CT molecular complexity index is 1710. The van der Waals surface area contributed by atoms with Gasteiger partial charge in [-0.15, -0.1) is 0 Å². The molecule has 0 spiro atoms. The van der Waals surface area contributed by atoms with E-state index < -0.39 is 52.1 Å². The van der Waals surface area contributed by atoms with Crippen LogP contribution in [0.5, 0.6) is 11.5 Å². The van der Waals surface area contributed by atoms with Crippen molar-refractivity contribution in [1.29, 1.82) is 0 Å². The highest BCUT2D eigenvalue weighted by atomic mass is 16.6. The molecule has 0 radical (unpaired) electrons. The Balaban J connectivity index is 1.98. The van der Waals surface area contributed by atoms with Crippen LogP contribution in [0.3, 0.4) is 0 Å². The van der Waals surface area contributed by atoms with Gasteiger partial charge in [-0.2, -0.15) is 0 Å². The van der Waals surface area contributed by atoms with Gasteiger partial charge < -0.3 is 24.3 Å². The van der Waals surface area contributed by atoms with Crippen molar-refractivity contribution in [2.24, 2.45) is 0 Å². The molecule has 0 aromatic heterocycles. The summed E-state index contributed by atoms with van der Waals surface area (Å²) < 4.78 is 21.6. The number of amides is 2. The van der Waals surface area contributed by atoms with Gasteiger partial charge in [0.2, 0.25) is 5.54 Å². The smallest absolute Gasteiger partial charge is 0.344 e. The topological polar surface area (TPSA) is 164 Å². The number of methoxy groups -OCH3 is 2. The first kappa shape index (κ1) is 35.1. The van der Waals surface area contributed by atoms with Crippen LogP contribution in [-0.4, -0.2) is 72.1 Å². The van der Waals surface area contributed by atoms with Gasteiger partial charge in [-0.25, -0.2) is 9.59 Å². The molecule has 1 aliphatic rings. The standard InChI is InChI=1S/C35H37N3O10/c1-6-47-32(41)35(33(42)48-7-2,22-23-17-18-28(45-4)29(21-23)46-5)37-20-19-26(25-15-11-12-16-27(25)38(43)44)34(3,31(37)40)36-30(39)24-13-9-8-10-14-24/h8-21,26H,6-7,22H2,1-5H3,(H,36,39)/t26-,34-/m0/s1. The molecule has 48 heavy (non-hydrogen) atoms. The van der Waals surface area contributed by atoms with Crippen molar-refractivity contribution in [3.8, 4) is 11.5 Å². The third-order valence-electron chi connectivity index (χ3n) is 8.14. The van der Waals surface area contributed by atoms with Gasteiger partial charge in [0.15, 0.2) is 11.5 Å². The van der Waals surface area contributed by atoms with Gasteiger partial charge in [0.25, 0.3) is 17.5 Å². The van der Waals surface area contributed by atoms with Crippen LogP contribution in [-0.2, 0) is 30.3 Å². The van der Waals surface area contributed by atoms with Crippen LogP contribution in [0.4, 0.5) is 5.69 Å². The number of nitrogens with one attached hydrogen (secondary N) is 1. The maximum Gasteiger partial charge on any atom is 0.344 e. The van der Waals surface area contributed by atoms with E-state index in [1.807, 2.05) is 0 Å². The largest absolute Gasteiger partial charge is 0.493 e. The summed E-state index contributed by atoms with van der Waals surface area (Å²) in [5.74, 6) is -4.18. The lowest BCUT2D eigenvalue weighted by Crippen LogP contribution is -2.70. The number of hydrogen-bond donors (Lipinski definition) is 1. The Morgan fingerprint density at radius 1 is 0.917 bits per heavy atom. The summed E-state index contributed by atoms with van der Waals surface area (Å²) in [5.41, 5.74) is -3.99. The fourth-order valence-electron chi connectivity index (χ4n) is 5.77. The van der Waals surface area contributed by atoms with Crippen LogP contribution in [0.15, 0.2) is 85.1 Å². The van der Waals surface area contributed by atoms with Crippen molar-refractivity contribution >= 4 is 29.4 Å². The molecule has 1 heterocycles. The summed E-state index contributed by atoms with van der Waals surface area (Å²) in [6.07, 6.45) is 2.23. The van der Waals surface area contributed by atoms with Crippen molar-refractivity contribution in [3.05, 3.63) is 112 Å². The van der Waals surface area contributed by atoms with Crippen LogP contribution in [0.25, 0.3) is 0 Å². The third kappa shape index (κ3) is 6.57. The molecule has 0 fully saturated rings. The first-order chi connectivity index (χ1) is 23.0. The number of hydrogen-bond acceptors (Lipinski definition) is 10. The minimum atomic E-state index is -2.44. The molecule has 13 nitrogen and oxygen atoms in total. The second-order valence-electron chi connectivity index (χ2n) is 11.0. The normalized spacial score (nSPS) is 17.3. The summed E-state index contributed by atoms with van der Waals surface area (Å²) in [5, 5.41) is 14.9. The van der Waals surface area contributed by atoms with E-state index in [0.717, 1.165) is 4.90 Å². The quantitative estimate of drug-likeness (QED) is 0.121. The van der Waals surface area contributed by atoms with Gasteiger partial charge in [0, 0.05) is 35.7 Å². The first-order valence-electron chi connectivity index (χ1n) is 15.2. The predicted molar refractivity (Wildman–Crippen MR) is 173 cm³/mol. The van der Waals surface area contributed by atoms with Gasteiger partial charge in [0.05, 0.1) is 32.4 Å². The number of para-hydroxylation sites is 1. The van der Waals surface area contributed by atoms with Gasteiger partial charge >= 0.3 is 11.9 Å². The van der Waals surface area contributed by atoms with Crippen LogP contribution < -0.4 is 14.8 Å². The van der Waals surface area contributed by atoms with Crippen molar-refractivity contribution in [2.75, 3.05) is 27.4 Å². The van der Waals surface area contributed by atoms with E-state index in [2.05, 4.69) is 5.32 Å². The molecule has 4 rings (SSSR count). The minimum absolute atomic E-state index is 0.125. The first-order valence-corrected chi connectivity index (χ1v) is 15.2. The number of benzene rings is 3. The maximum atomic E-state index is 15.0. The summed E-state index contributed by atoms with van der Waals surface area (Å²) >= 11 is 0. The second-order valence-corrected chi connectivity index (χ2v) is 11.0. The number of esters is 2. The van der Waals surface area contributed by atoms with Crippen molar-refractivity contribution in [1.82, 2.24) is 10.2 Å². The van der Waals surface area contributed by atoms with Crippen LogP contribution in [0.1, 0.15) is 48.2 Å². The Morgan fingerprint density at radius 3 is 2.10 bits per heavy atom. The molecule has 1 aliphatic heterocycles. The summed E-state index contributed by atoms with van der Waals surface area (Å²) in [6.45, 7) is 4.21. The molecule has 13 heteroatoms. The number of nitrogens with zero attached hydrogens (tertiary/aromatic N) is 2. The zero-order valence-electron chi connectivity index (χ0n) is 27.3. The van der Waals surface area contributed by atoms with E-state index in [1.54, 1.807) is 56.3 Å². The van der Waals surface area contributed by atoms with E-state index in [9.17, 15) is 29.3 Å². The zero-order valence-corrected chi connectivity index (χ0v) is 27.3. The second kappa shape index (κ2) is 14.8. The van der Waals surface area contributed by atoms with E-state index in [4.69, 9.17) is 18.9 Å². The Hall–Kier alpha value is -5.72. The summed E-state index contributed by atoms with van der Waals surface area (Å²) in [7, 11) is 2.88. The van der Waals surface area contributed by atoms with Gasteiger partial charge in [-0.1, -0.05) is 48.5 Å². The molecule has 3 aromatic carbocycles. The Labute approximate surface area is 277 Å². The molecule has 1 N–H and O–H groups in total. The minimum Gasteiger partial charge on any atom is -0.493 e. The zero-order chi connectivity index (χ0) is 35.1. The van der Waals surface area contributed by atoms with Crippen molar-refractivity contribution in [2.45, 2.75) is 44.2 Å². The lowest BCUT2D eigenvalue weighted by molar-refractivity contribution is -0.385. The highest BCUT2D eigenvalue weighted by molar-refractivity contribution is 6.11. The number of nitro groups is 1. The van der Waals surface area contributed by atoms with Gasteiger partial charge in [0.1, 0.15) is 5.54 Å². The fourth-order valence-corrected chi connectivity index (χ4v) is 5.77. The molecular weight excluding hydrogens is 622 g/mol. The molecule has 0 saturated heterocycles. The third-order valence-corrected chi connectivity index (χ3v) is 8.14. The maximum absolute atomic E-state index is 15.0. The van der Waals surface area contributed by atoms with Crippen molar-refractivity contribution < 1.29 is 43.0 Å². The summed E-state index contributed by atoms with van der Waals surface area (Å²) in [4.78, 5) is 69.2. The number of nitro benzene ring substituents is 1. The van der Waals surface area contributed by atoms with E-state index in [0.29, 0.717) is 17.1 Å². The number of ether oxygens (including phenoxy) is 4. The molecule has 2 atom stereocenters. The highest BCUT2D eigenvalue weighted by Crippen LogP contribution is 2.42. The molecular formula is C35H37N3O10. The average molecular weight is 660 g/mol. The highest BCUT2D eigenvalue weighted by Gasteiger charge is 2.61. The lowest BCUT2D eigenvalue weighted by atomic mass is 9.74. The molecule has 252 valence electrons. The van der Waals surface area contributed by atoms with Gasteiger partial charge in [-0.05, 0) is 50.6 Å².